The highest BCUT2D eigenvalue weighted by atomic mass is 35.5. The number of benzene rings is 2. The molecule has 0 aromatic heterocycles. The number of fused-ring (bicyclic) bond motifs is 5. The third-order valence-electron chi connectivity index (χ3n) is 16.6. The molecule has 0 aliphatic carbocycles. The zero-order valence-corrected chi connectivity index (χ0v) is 52.5. The number of ketones is 1. The normalized spacial score (nSPS) is 24.9. The molecule has 3 saturated heterocycles. The largest absolute Gasteiger partial charge is 0.457 e. The van der Waals surface area contributed by atoms with Crippen molar-refractivity contribution in [2.24, 2.45) is 17.6 Å². The number of nitrogens with one attached hydrogen (secondary N) is 4. The fraction of sp³-hybridized carbons (Fsp3) is 0.565. The van der Waals surface area contributed by atoms with Gasteiger partial charge in [0.15, 0.2) is 11.5 Å². The van der Waals surface area contributed by atoms with E-state index in [1.165, 1.54) is 36.9 Å². The molecule has 0 spiro atoms. The van der Waals surface area contributed by atoms with E-state index in [4.69, 9.17) is 41.1 Å². The number of carbonyl (C=O) groups excluding carboxylic acids is 11. The van der Waals surface area contributed by atoms with Crippen molar-refractivity contribution in [3.63, 3.8) is 0 Å². The molecular weight excluding hydrogens is 1160 g/mol. The standard InChI is InChI=1S/C62H83ClN8O17/c1-33(2)54(67-48(73)19-12-13-20-52(77)88-71-49(74)23-24-50(71)75)56(78)66-42(17-15-25-65-59(64)81)44(72)30-40-21-22-41(28-35(40)4)57(79)69(9)38(7)58(80)86-47-31-51(76)70(10)43-29-39(27-36(5)53(43)63)26-34(3)16-14-18-46(84-11)62(83)32-45(85-60(82)68-62)37(6)55-61(47,8)87-55/h14,16,18,21-22,27-29,33,37-38,42,45-47,54-55,83H,12-13,15,17,19-20,23-26,30-32H2,1-11H3,(H,66,78)(H,67,73)(H,68,82)(H3,64,65,81)/b18-14+,34-16+/t37-,38+,42+,45+,46-,47+,54+,55+,61+,62+/m1/s1. The van der Waals surface area contributed by atoms with E-state index in [0.29, 0.717) is 38.9 Å². The minimum Gasteiger partial charge on any atom is -0.457 e. The molecule has 25 nitrogen and oxygen atoms in total. The number of Topliss-reactive ketones (excluding diaryl/α,β-unsaturated/α-hetero) is 1. The quantitative estimate of drug-likeness (QED) is 0.0399. The van der Waals surface area contributed by atoms with Crippen molar-refractivity contribution in [2.45, 2.75) is 186 Å². The highest BCUT2D eigenvalue weighted by molar-refractivity contribution is 6.34. The summed E-state index contributed by atoms with van der Waals surface area (Å²) in [5.41, 5.74) is 6.09. The van der Waals surface area contributed by atoms with Gasteiger partial charge in [-0.25, -0.2) is 19.2 Å². The molecule has 0 saturated carbocycles. The topological polar surface area (TPSA) is 341 Å². The molecule has 4 heterocycles. The van der Waals surface area contributed by atoms with Gasteiger partial charge in [-0.15, -0.1) is 5.06 Å². The molecule has 10 atom stereocenters. The second-order valence-corrected chi connectivity index (χ2v) is 24.1. The second-order valence-electron chi connectivity index (χ2n) is 23.8. The van der Waals surface area contributed by atoms with Crippen LogP contribution in [0.25, 0.3) is 0 Å². The van der Waals surface area contributed by atoms with Gasteiger partial charge in [-0.1, -0.05) is 68.3 Å². The second kappa shape index (κ2) is 30.0. The molecule has 3 fully saturated rings. The lowest BCUT2D eigenvalue weighted by Crippen LogP contribution is -2.63. The number of epoxide rings is 1. The summed E-state index contributed by atoms with van der Waals surface area (Å²) in [6.45, 7) is 13.8. The van der Waals surface area contributed by atoms with Crippen LogP contribution in [0, 0.1) is 25.7 Å². The number of nitrogens with two attached hydrogens (primary N) is 1. The predicted octanol–water partition coefficient (Wildman–Crippen LogP) is 4.79. The van der Waals surface area contributed by atoms with Crippen LogP contribution in [0.2, 0.25) is 5.02 Å². The summed E-state index contributed by atoms with van der Waals surface area (Å²) in [7, 11) is 4.38. The lowest BCUT2D eigenvalue weighted by atomic mass is 9.83. The number of halogens is 1. The summed E-state index contributed by atoms with van der Waals surface area (Å²) in [4.78, 5) is 152. The van der Waals surface area contributed by atoms with Gasteiger partial charge in [-0.05, 0) is 113 Å². The molecule has 26 heteroatoms. The van der Waals surface area contributed by atoms with Crippen molar-refractivity contribution in [1.29, 1.82) is 0 Å². The molecule has 4 bridgehead atoms. The Bertz CT molecular complexity index is 3080. The van der Waals surface area contributed by atoms with Gasteiger partial charge >= 0.3 is 24.1 Å². The number of likely N-dealkylation sites (N-methyl/N-ethyl adjacent to an activating group) is 1. The minimum atomic E-state index is -1.90. The number of aliphatic hydroxyl groups is 1. The van der Waals surface area contributed by atoms with Crippen molar-refractivity contribution in [2.75, 3.05) is 32.6 Å². The van der Waals surface area contributed by atoms with E-state index in [1.807, 2.05) is 32.1 Å². The molecule has 480 valence electrons. The van der Waals surface area contributed by atoms with Crippen LogP contribution in [0.15, 0.2) is 54.1 Å². The number of allylic oxidation sites excluding steroid dienone is 3. The highest BCUT2D eigenvalue weighted by Crippen LogP contribution is 2.49. The fourth-order valence-electron chi connectivity index (χ4n) is 11.0. The number of primary amides is 1. The summed E-state index contributed by atoms with van der Waals surface area (Å²) in [5, 5.41) is 23.2. The molecule has 4 aliphatic heterocycles. The highest BCUT2D eigenvalue weighted by Gasteiger charge is 2.64. The molecule has 2 aromatic rings. The van der Waals surface area contributed by atoms with Crippen LogP contribution in [-0.4, -0.2) is 162 Å². The Morgan fingerprint density at radius 3 is 2.27 bits per heavy atom. The molecule has 88 heavy (non-hydrogen) atoms. The van der Waals surface area contributed by atoms with Gasteiger partial charge in [0.1, 0.15) is 36.0 Å². The first-order valence-corrected chi connectivity index (χ1v) is 29.9. The van der Waals surface area contributed by atoms with E-state index in [9.17, 15) is 57.8 Å². The lowest BCUT2D eigenvalue weighted by Gasteiger charge is -2.42. The minimum absolute atomic E-state index is 0.0479. The van der Waals surface area contributed by atoms with Crippen LogP contribution in [0.1, 0.15) is 138 Å². The number of nitrogens with zero attached hydrogens (tertiary/aromatic N) is 3. The monoisotopic (exact) mass is 1250 g/mol. The number of hydrogen-bond acceptors (Lipinski definition) is 17. The Morgan fingerprint density at radius 2 is 1.62 bits per heavy atom. The summed E-state index contributed by atoms with van der Waals surface area (Å²) < 4.78 is 24.0. The number of alkyl carbamates (subject to hydrolysis) is 1. The SMILES string of the molecule is CO[C@@H]1/C=C/C=C(\C)Cc2cc(C)c(Cl)c(c2)N(C)C(=O)C[C@H](OC(=O)[C@H](C)N(C)C(=O)c2ccc(CC(=O)[C@H](CCCNC(N)=O)NC(=O)[C@@H](NC(=O)CCCCC(=O)ON3C(=O)CCC3=O)C(C)C)c(C)c2)[C@]2(C)O[C@H]2[C@H](C)[C@@H]2C[C@@]1(O)NC(=O)O2. The number of urea groups is 1. The van der Waals surface area contributed by atoms with Gasteiger partial charge in [0.05, 0.1) is 29.3 Å². The van der Waals surface area contributed by atoms with Crippen LogP contribution < -0.4 is 31.9 Å². The first kappa shape index (κ1) is 69.4. The van der Waals surface area contributed by atoms with Gasteiger partial charge in [0.25, 0.3) is 17.7 Å². The van der Waals surface area contributed by atoms with Crippen molar-refractivity contribution >= 4 is 82.6 Å². The van der Waals surface area contributed by atoms with Crippen LogP contribution in [-0.2, 0) is 75.0 Å². The number of esters is 1. The van der Waals surface area contributed by atoms with E-state index in [0.717, 1.165) is 11.1 Å². The molecule has 2 aromatic carbocycles. The van der Waals surface area contributed by atoms with Crippen molar-refractivity contribution in [3.05, 3.63) is 87.0 Å². The summed E-state index contributed by atoms with van der Waals surface area (Å²) in [6, 6.07) is 4.15. The number of carbonyl (C=O) groups is 11. The number of aryl methyl sites for hydroxylation is 2. The smallest absolute Gasteiger partial charge is 0.409 e. The maximum absolute atomic E-state index is 14.5. The third-order valence-corrected chi connectivity index (χ3v) is 17.1. The first-order valence-electron chi connectivity index (χ1n) is 29.5. The van der Waals surface area contributed by atoms with Crippen molar-refractivity contribution in [1.82, 2.24) is 31.2 Å². The number of amides is 9. The molecule has 9 amide bonds. The Hall–Kier alpha value is -7.74. The average molecular weight is 1250 g/mol. The molecule has 4 aliphatic rings. The van der Waals surface area contributed by atoms with Crippen molar-refractivity contribution < 1.29 is 81.6 Å². The Morgan fingerprint density at radius 1 is 0.943 bits per heavy atom. The molecule has 6 rings (SSSR count). The lowest BCUT2D eigenvalue weighted by molar-refractivity contribution is -0.197. The van der Waals surface area contributed by atoms with Crippen LogP contribution in [0.5, 0.6) is 0 Å². The van der Waals surface area contributed by atoms with Gasteiger partial charge < -0.3 is 60.4 Å². The van der Waals surface area contributed by atoms with E-state index in [-0.39, 0.29) is 76.3 Å². The van der Waals surface area contributed by atoms with E-state index in [2.05, 4.69) is 21.3 Å². The van der Waals surface area contributed by atoms with Crippen LogP contribution in [0.4, 0.5) is 15.3 Å². The van der Waals surface area contributed by atoms with Gasteiger partial charge in [-0.2, -0.15) is 0 Å². The predicted molar refractivity (Wildman–Crippen MR) is 320 cm³/mol. The van der Waals surface area contributed by atoms with Crippen LogP contribution in [0.3, 0.4) is 0 Å². The number of imide groups is 1. The van der Waals surface area contributed by atoms with E-state index >= 15 is 0 Å². The number of anilines is 1. The zero-order chi connectivity index (χ0) is 65.1. The third kappa shape index (κ3) is 17.5. The van der Waals surface area contributed by atoms with E-state index in [1.54, 1.807) is 66.0 Å². The molecule has 7 N–H and O–H groups in total. The average Bonchev–Trinajstić information content (AvgIpc) is 1.66. The zero-order valence-electron chi connectivity index (χ0n) is 51.8. The fourth-order valence-corrected chi connectivity index (χ4v) is 11.2. The van der Waals surface area contributed by atoms with Gasteiger partial charge in [0.2, 0.25) is 17.7 Å². The Labute approximate surface area is 517 Å². The van der Waals surface area contributed by atoms with Crippen molar-refractivity contribution in [3.8, 4) is 0 Å². The van der Waals surface area contributed by atoms with Crippen LogP contribution >= 0.6 is 11.6 Å². The number of unbranched alkanes of at least 4 members (excludes halogenated alkanes) is 1. The van der Waals surface area contributed by atoms with Gasteiger partial charge in [-0.3, -0.25) is 38.9 Å². The number of rotatable bonds is 22. The molecule has 0 unspecified atom stereocenters. The maximum Gasteiger partial charge on any atom is 0.409 e. The Balaban J connectivity index is 1.14. The molecular formula is C62H83ClN8O17. The number of methoxy groups -OCH3 is 1. The number of ether oxygens (including phenoxy) is 4. The maximum atomic E-state index is 14.5. The summed E-state index contributed by atoms with van der Waals surface area (Å²) in [6.07, 6.45) is 0.438. The molecule has 0 radical (unpaired) electrons. The first-order chi connectivity index (χ1) is 41.4. The number of hydroxylamine groups is 2. The van der Waals surface area contributed by atoms with E-state index < -0.39 is 137 Å². The Kier molecular flexibility index (Phi) is 23.6. The summed E-state index contributed by atoms with van der Waals surface area (Å²) in [5.74, 6) is -6.61. The number of hydrogen-bond donors (Lipinski definition) is 6. The van der Waals surface area contributed by atoms with Gasteiger partial charge in [0, 0.05) is 77.8 Å². The summed E-state index contributed by atoms with van der Waals surface area (Å²) >= 11 is 6.86.